The first kappa shape index (κ1) is 18.3. The number of thiophene rings is 1. The third-order valence-corrected chi connectivity index (χ3v) is 4.42. The number of hydrogen-bond donors (Lipinski definition) is 1. The molecule has 0 radical (unpaired) electrons. The van der Waals surface area contributed by atoms with E-state index in [1.165, 1.54) is 18.3 Å². The van der Waals surface area contributed by atoms with E-state index in [0.717, 1.165) is 15.6 Å². The van der Waals surface area contributed by atoms with Gasteiger partial charge in [-0.25, -0.2) is 0 Å². The number of carbonyl (C=O) groups excluding carboxylic acids is 1. The minimum atomic E-state index is -0.958. The van der Waals surface area contributed by atoms with Crippen LogP contribution in [0, 0.1) is 5.92 Å². The van der Waals surface area contributed by atoms with Crippen molar-refractivity contribution >= 4 is 52.7 Å². The van der Waals surface area contributed by atoms with Crippen LogP contribution in [0.15, 0.2) is 24.8 Å². The topological polar surface area (TPSA) is 63.6 Å². The van der Waals surface area contributed by atoms with Gasteiger partial charge in [0.15, 0.2) is 5.78 Å². The van der Waals surface area contributed by atoms with Crippen LogP contribution < -0.4 is 4.74 Å². The van der Waals surface area contributed by atoms with Gasteiger partial charge in [-0.3, -0.25) is 9.59 Å². The second-order valence-electron chi connectivity index (χ2n) is 4.81. The maximum Gasteiger partial charge on any atom is 0.306 e. The maximum atomic E-state index is 12.1. The van der Waals surface area contributed by atoms with Gasteiger partial charge in [0.05, 0.1) is 17.9 Å². The molecule has 1 aromatic carbocycles. The Bertz CT molecular complexity index is 718. The van der Waals surface area contributed by atoms with E-state index in [4.69, 9.17) is 9.84 Å². The second-order valence-corrected chi connectivity index (χ2v) is 5.90. The van der Waals surface area contributed by atoms with Crippen molar-refractivity contribution in [3.8, 4) is 5.75 Å². The van der Waals surface area contributed by atoms with E-state index in [2.05, 4.69) is 6.58 Å². The molecule has 0 aliphatic carbocycles. The normalized spacial score (nSPS) is 11.5. The minimum absolute atomic E-state index is 0. The second kappa shape index (κ2) is 7.47. The number of Topliss-reactive ketones (excluding diaryl/α,β-unsaturated/α-hetero) is 1. The van der Waals surface area contributed by atoms with Crippen molar-refractivity contribution in [3.63, 3.8) is 0 Å². The number of ether oxygens (including phenoxy) is 1. The van der Waals surface area contributed by atoms with Gasteiger partial charge in [-0.05, 0) is 23.6 Å². The number of methoxy groups -OCH3 is 1. The first-order valence-corrected chi connectivity index (χ1v) is 7.28. The first-order chi connectivity index (χ1) is 9.96. The Morgan fingerprint density at radius 1 is 1.41 bits per heavy atom. The molecule has 0 aliphatic rings. The fraction of sp³-hybridized carbons (Fsp3) is 0.250. The van der Waals surface area contributed by atoms with Crippen molar-refractivity contribution in [1.29, 1.82) is 0 Å². The number of rotatable bonds is 6. The van der Waals surface area contributed by atoms with Crippen LogP contribution >= 0.6 is 24.8 Å². The smallest absolute Gasteiger partial charge is 0.306 e. The third kappa shape index (κ3) is 3.69. The van der Waals surface area contributed by atoms with E-state index >= 15 is 0 Å². The number of carboxylic acids is 1. The third-order valence-electron chi connectivity index (χ3n) is 3.28. The molecule has 1 atom stereocenters. The molecule has 118 valence electrons. The Morgan fingerprint density at radius 3 is 2.64 bits per heavy atom. The highest BCUT2D eigenvalue weighted by atomic mass is 32.1. The van der Waals surface area contributed by atoms with Crippen LogP contribution in [0.25, 0.3) is 16.2 Å². The summed E-state index contributed by atoms with van der Waals surface area (Å²) < 4.78 is 6.22. The molecular formula is C16H18O4S2. The number of aliphatic carboxylic acids is 1. The Labute approximate surface area is 139 Å². The van der Waals surface area contributed by atoms with Crippen LogP contribution in [0.4, 0.5) is 0 Å². The summed E-state index contributed by atoms with van der Waals surface area (Å²) in [6.07, 6.45) is 1.71. The summed E-state index contributed by atoms with van der Waals surface area (Å²) in [5.74, 6) is -1.08. The lowest BCUT2D eigenvalue weighted by Crippen LogP contribution is -2.13. The number of hydrogen-bond acceptors (Lipinski definition) is 4. The SMILES string of the molecule is C=Cc1cc2cc(C(=O)C[C@H](C)C(=O)O)sc2cc1OC.S. The van der Waals surface area contributed by atoms with Crippen LogP contribution in [0.2, 0.25) is 0 Å². The summed E-state index contributed by atoms with van der Waals surface area (Å²) >= 11 is 1.35. The molecule has 1 N–H and O–H groups in total. The van der Waals surface area contributed by atoms with Crippen molar-refractivity contribution in [3.05, 3.63) is 35.2 Å². The summed E-state index contributed by atoms with van der Waals surface area (Å²) in [6.45, 7) is 5.27. The molecule has 0 bridgehead atoms. The fourth-order valence-corrected chi connectivity index (χ4v) is 3.05. The Kier molecular flexibility index (Phi) is 6.20. The van der Waals surface area contributed by atoms with Gasteiger partial charge in [-0.15, -0.1) is 11.3 Å². The molecule has 6 heteroatoms. The number of ketones is 1. The lowest BCUT2D eigenvalue weighted by Gasteiger charge is -2.04. The molecule has 4 nitrogen and oxygen atoms in total. The number of fused-ring (bicyclic) bond motifs is 1. The summed E-state index contributed by atoms with van der Waals surface area (Å²) in [7, 11) is 1.59. The van der Waals surface area contributed by atoms with Gasteiger partial charge < -0.3 is 9.84 Å². The molecular weight excluding hydrogens is 320 g/mol. The summed E-state index contributed by atoms with van der Waals surface area (Å²) in [5, 5.41) is 9.81. The number of carbonyl (C=O) groups is 2. The molecule has 0 spiro atoms. The van der Waals surface area contributed by atoms with Gasteiger partial charge in [0.2, 0.25) is 0 Å². The molecule has 2 rings (SSSR count). The molecule has 0 unspecified atom stereocenters. The summed E-state index contributed by atoms with van der Waals surface area (Å²) in [5.41, 5.74) is 0.862. The summed E-state index contributed by atoms with van der Waals surface area (Å²) in [4.78, 5) is 23.5. The van der Waals surface area contributed by atoms with Crippen LogP contribution in [-0.4, -0.2) is 24.0 Å². The Hall–Kier alpha value is -1.79. The van der Waals surface area contributed by atoms with E-state index < -0.39 is 11.9 Å². The minimum Gasteiger partial charge on any atom is -0.496 e. The average Bonchev–Trinajstić information content (AvgIpc) is 2.88. The van der Waals surface area contributed by atoms with E-state index in [-0.39, 0.29) is 25.7 Å². The van der Waals surface area contributed by atoms with Gasteiger partial charge in [0.1, 0.15) is 5.75 Å². The molecule has 1 aromatic heterocycles. The Balaban J connectivity index is 0.00000242. The zero-order valence-corrected chi connectivity index (χ0v) is 14.2. The highest BCUT2D eigenvalue weighted by Gasteiger charge is 2.19. The molecule has 0 fully saturated rings. The van der Waals surface area contributed by atoms with Crippen molar-refractivity contribution < 1.29 is 19.4 Å². The van der Waals surface area contributed by atoms with Crippen LogP contribution in [0.5, 0.6) is 5.75 Å². The van der Waals surface area contributed by atoms with Crippen molar-refractivity contribution in [1.82, 2.24) is 0 Å². The van der Waals surface area contributed by atoms with Gasteiger partial charge in [-0.1, -0.05) is 19.6 Å². The molecule has 0 aliphatic heterocycles. The van der Waals surface area contributed by atoms with Crippen LogP contribution in [-0.2, 0) is 4.79 Å². The largest absolute Gasteiger partial charge is 0.496 e. The molecule has 2 aromatic rings. The lowest BCUT2D eigenvalue weighted by molar-refractivity contribution is -0.141. The van der Waals surface area contributed by atoms with E-state index in [9.17, 15) is 9.59 Å². The molecule has 1 heterocycles. The van der Waals surface area contributed by atoms with Crippen LogP contribution in [0.3, 0.4) is 0 Å². The zero-order valence-electron chi connectivity index (χ0n) is 12.4. The predicted molar refractivity (Wildman–Crippen MR) is 94.6 cm³/mol. The predicted octanol–water partition coefficient (Wildman–Crippen LogP) is 3.96. The van der Waals surface area contributed by atoms with Gasteiger partial charge in [0.25, 0.3) is 0 Å². The fourth-order valence-electron chi connectivity index (χ4n) is 2.03. The maximum absolute atomic E-state index is 12.1. The van der Waals surface area contributed by atoms with E-state index in [1.807, 2.05) is 12.1 Å². The van der Waals surface area contributed by atoms with E-state index in [0.29, 0.717) is 10.6 Å². The van der Waals surface area contributed by atoms with Crippen molar-refractivity contribution in [2.45, 2.75) is 13.3 Å². The van der Waals surface area contributed by atoms with E-state index in [1.54, 1.807) is 19.3 Å². The quantitative estimate of drug-likeness (QED) is 0.810. The highest BCUT2D eigenvalue weighted by molar-refractivity contribution is 7.59. The lowest BCUT2D eigenvalue weighted by atomic mass is 10.0. The van der Waals surface area contributed by atoms with Crippen LogP contribution in [0.1, 0.15) is 28.6 Å². The standard InChI is InChI=1S/C16H16O4S.H2S/c1-4-10-6-11-7-15(12(17)5-9(2)16(18)19)21-14(11)8-13(10)20-3;/h4,6-9H,1,5H2,2-3H3,(H,18,19);1H2/t9-;/m0./s1. The van der Waals surface area contributed by atoms with Gasteiger partial charge in [0, 0.05) is 16.7 Å². The average molecular weight is 338 g/mol. The number of benzene rings is 1. The van der Waals surface area contributed by atoms with Crippen molar-refractivity contribution in [2.75, 3.05) is 7.11 Å². The molecule has 0 saturated carbocycles. The highest BCUT2D eigenvalue weighted by Crippen LogP contribution is 2.33. The first-order valence-electron chi connectivity index (χ1n) is 6.46. The number of carboxylic acid groups (broad SMARTS) is 1. The monoisotopic (exact) mass is 338 g/mol. The zero-order chi connectivity index (χ0) is 15.6. The molecule has 0 saturated heterocycles. The summed E-state index contributed by atoms with van der Waals surface area (Å²) in [6, 6.07) is 5.58. The Morgan fingerprint density at radius 2 is 2.09 bits per heavy atom. The van der Waals surface area contributed by atoms with Gasteiger partial charge in [-0.2, -0.15) is 13.5 Å². The molecule has 0 amide bonds. The van der Waals surface area contributed by atoms with Gasteiger partial charge >= 0.3 is 5.97 Å². The van der Waals surface area contributed by atoms with Crippen molar-refractivity contribution in [2.24, 2.45) is 5.92 Å². The molecule has 22 heavy (non-hydrogen) atoms.